The van der Waals surface area contributed by atoms with E-state index in [1.165, 1.54) is 6.39 Å². The maximum atomic E-state index is 12.8. The molecule has 2 aromatic carbocycles. The molecule has 1 aliphatic rings. The fourth-order valence-electron chi connectivity index (χ4n) is 3.45. The lowest BCUT2D eigenvalue weighted by atomic mass is 10.0. The van der Waals surface area contributed by atoms with Gasteiger partial charge in [0.15, 0.2) is 12.1 Å². The van der Waals surface area contributed by atoms with Crippen molar-refractivity contribution in [3.05, 3.63) is 59.8 Å². The third-order valence-electron chi connectivity index (χ3n) is 4.96. The lowest BCUT2D eigenvalue weighted by Gasteiger charge is -2.33. The number of fused-ring (bicyclic) bond motifs is 1. The normalized spacial score (nSPS) is 17.3. The number of nitrogens with zero attached hydrogens (tertiary/aromatic N) is 2. The van der Waals surface area contributed by atoms with E-state index in [9.17, 15) is 4.79 Å². The zero-order valence-corrected chi connectivity index (χ0v) is 15.5. The van der Waals surface area contributed by atoms with Gasteiger partial charge in [0, 0.05) is 13.0 Å². The van der Waals surface area contributed by atoms with Crippen molar-refractivity contribution in [3.8, 4) is 5.75 Å². The third kappa shape index (κ3) is 3.40. The van der Waals surface area contributed by atoms with Crippen LogP contribution < -0.4 is 4.74 Å². The largest absolute Gasteiger partial charge is 0.497 e. The summed E-state index contributed by atoms with van der Waals surface area (Å²) in [6.07, 6.45) is 1.82. The van der Waals surface area contributed by atoms with Crippen molar-refractivity contribution in [2.24, 2.45) is 0 Å². The summed E-state index contributed by atoms with van der Waals surface area (Å²) in [7, 11) is 1.66. The van der Waals surface area contributed by atoms with E-state index in [0.29, 0.717) is 37.6 Å². The van der Waals surface area contributed by atoms with Crippen LogP contribution >= 0.6 is 0 Å². The topological polar surface area (TPSA) is 64.8 Å². The average molecular weight is 366 g/mol. The van der Waals surface area contributed by atoms with E-state index >= 15 is 0 Å². The van der Waals surface area contributed by atoms with Crippen LogP contribution in [0.2, 0.25) is 0 Å². The maximum Gasteiger partial charge on any atom is 0.276 e. The van der Waals surface area contributed by atoms with Crippen LogP contribution in [0.25, 0.3) is 10.8 Å². The molecule has 0 spiro atoms. The third-order valence-corrected chi connectivity index (χ3v) is 4.96. The Labute approximate surface area is 157 Å². The van der Waals surface area contributed by atoms with E-state index < -0.39 is 0 Å². The number of benzene rings is 2. The number of oxazole rings is 1. The van der Waals surface area contributed by atoms with E-state index in [0.717, 1.165) is 22.1 Å². The molecule has 3 aromatic rings. The lowest BCUT2D eigenvalue weighted by molar-refractivity contribution is -0.0230. The molecule has 1 atom stereocenters. The molecule has 1 saturated heterocycles. The number of carbonyl (C=O) groups is 1. The Balaban J connectivity index is 1.56. The first-order valence-electron chi connectivity index (χ1n) is 9.10. The van der Waals surface area contributed by atoms with Gasteiger partial charge in [0.1, 0.15) is 17.6 Å². The van der Waals surface area contributed by atoms with Gasteiger partial charge in [0.2, 0.25) is 0 Å². The Morgan fingerprint density at radius 1 is 1.26 bits per heavy atom. The summed E-state index contributed by atoms with van der Waals surface area (Å²) >= 11 is 0. The Bertz CT molecular complexity index is 966. The standard InChI is InChI=1S/C21H22N2O4/c1-3-18-20(22-13-27-18)21(24)23-8-9-26-19(12-23)16-5-4-15-11-17(25-2)7-6-14(15)10-16/h4-7,10-11,13,19H,3,8-9,12H2,1-2H3/t19-/m0/s1. The van der Waals surface area contributed by atoms with Crippen molar-refractivity contribution in [1.82, 2.24) is 9.88 Å². The fourth-order valence-corrected chi connectivity index (χ4v) is 3.45. The van der Waals surface area contributed by atoms with Crippen LogP contribution in [0.3, 0.4) is 0 Å². The van der Waals surface area contributed by atoms with Crippen molar-refractivity contribution >= 4 is 16.7 Å². The molecule has 1 fully saturated rings. The summed E-state index contributed by atoms with van der Waals surface area (Å²) in [5.74, 6) is 1.36. The molecule has 6 heteroatoms. The smallest absolute Gasteiger partial charge is 0.276 e. The van der Waals surface area contributed by atoms with E-state index in [1.54, 1.807) is 12.0 Å². The minimum absolute atomic E-state index is 0.0978. The number of aromatic nitrogens is 1. The summed E-state index contributed by atoms with van der Waals surface area (Å²) in [5.41, 5.74) is 1.46. The summed E-state index contributed by atoms with van der Waals surface area (Å²) in [6, 6.07) is 12.2. The highest BCUT2D eigenvalue weighted by Gasteiger charge is 2.29. The number of aryl methyl sites for hydroxylation is 1. The van der Waals surface area contributed by atoms with Gasteiger partial charge in [-0.2, -0.15) is 0 Å². The van der Waals surface area contributed by atoms with E-state index in [2.05, 4.69) is 17.1 Å². The van der Waals surface area contributed by atoms with Gasteiger partial charge >= 0.3 is 0 Å². The predicted octanol–water partition coefficient (Wildman–Crippen LogP) is 3.61. The molecule has 6 nitrogen and oxygen atoms in total. The molecule has 0 saturated carbocycles. The number of carbonyl (C=O) groups excluding carboxylic acids is 1. The molecular formula is C21H22N2O4. The molecule has 4 rings (SSSR count). The zero-order valence-electron chi connectivity index (χ0n) is 15.5. The number of rotatable bonds is 4. The van der Waals surface area contributed by atoms with Crippen molar-refractivity contribution in [1.29, 1.82) is 0 Å². The number of methoxy groups -OCH3 is 1. The first-order valence-corrected chi connectivity index (χ1v) is 9.10. The number of hydrogen-bond donors (Lipinski definition) is 0. The minimum Gasteiger partial charge on any atom is -0.497 e. The molecule has 1 aromatic heterocycles. The summed E-state index contributed by atoms with van der Waals surface area (Å²) in [5, 5.41) is 2.22. The molecule has 0 radical (unpaired) electrons. The molecular weight excluding hydrogens is 344 g/mol. The van der Waals surface area contributed by atoms with Gasteiger partial charge in [-0.3, -0.25) is 4.79 Å². The van der Waals surface area contributed by atoms with Crippen LogP contribution in [0, 0.1) is 0 Å². The van der Waals surface area contributed by atoms with Gasteiger partial charge in [-0.05, 0) is 34.5 Å². The molecule has 27 heavy (non-hydrogen) atoms. The quantitative estimate of drug-likeness (QED) is 0.706. The van der Waals surface area contributed by atoms with Crippen molar-refractivity contribution in [2.45, 2.75) is 19.4 Å². The van der Waals surface area contributed by atoms with E-state index in [4.69, 9.17) is 13.9 Å². The summed E-state index contributed by atoms with van der Waals surface area (Å²) in [6.45, 7) is 3.49. The second-order valence-electron chi connectivity index (χ2n) is 6.56. The van der Waals surface area contributed by atoms with Crippen LogP contribution in [0.15, 0.2) is 47.2 Å². The molecule has 140 valence electrons. The van der Waals surface area contributed by atoms with Crippen molar-refractivity contribution in [2.75, 3.05) is 26.8 Å². The molecule has 0 unspecified atom stereocenters. The number of morpholine rings is 1. The van der Waals surface area contributed by atoms with Crippen molar-refractivity contribution in [3.63, 3.8) is 0 Å². The molecule has 1 amide bonds. The maximum absolute atomic E-state index is 12.8. The minimum atomic E-state index is -0.161. The van der Waals surface area contributed by atoms with Gasteiger partial charge in [0.25, 0.3) is 5.91 Å². The molecule has 2 heterocycles. The van der Waals surface area contributed by atoms with Crippen molar-refractivity contribution < 1.29 is 18.7 Å². The predicted molar refractivity (Wildman–Crippen MR) is 101 cm³/mol. The number of ether oxygens (including phenoxy) is 2. The average Bonchev–Trinajstić information content (AvgIpc) is 3.21. The van der Waals surface area contributed by atoms with Crippen LogP contribution in [0.5, 0.6) is 5.75 Å². The van der Waals surface area contributed by atoms with Gasteiger partial charge < -0.3 is 18.8 Å². The zero-order chi connectivity index (χ0) is 18.8. The van der Waals surface area contributed by atoms with Gasteiger partial charge in [-0.1, -0.05) is 25.1 Å². The Kier molecular flexibility index (Phi) is 4.81. The fraction of sp³-hybridized carbons (Fsp3) is 0.333. The second-order valence-corrected chi connectivity index (χ2v) is 6.56. The second kappa shape index (κ2) is 7.40. The highest BCUT2D eigenvalue weighted by atomic mass is 16.5. The van der Waals surface area contributed by atoms with Gasteiger partial charge in [0.05, 0.1) is 20.3 Å². The molecule has 0 N–H and O–H groups in total. The highest BCUT2D eigenvalue weighted by Crippen LogP contribution is 2.28. The molecule has 1 aliphatic heterocycles. The highest BCUT2D eigenvalue weighted by molar-refractivity contribution is 5.93. The number of hydrogen-bond acceptors (Lipinski definition) is 5. The Morgan fingerprint density at radius 3 is 2.89 bits per heavy atom. The Morgan fingerprint density at radius 2 is 2.07 bits per heavy atom. The monoisotopic (exact) mass is 366 g/mol. The molecule has 0 bridgehead atoms. The van der Waals surface area contributed by atoms with Crippen LogP contribution in [-0.4, -0.2) is 42.6 Å². The SMILES string of the molecule is CCc1ocnc1C(=O)N1CCO[C@H](c2ccc3cc(OC)ccc3c2)C1. The van der Waals surface area contributed by atoms with Gasteiger partial charge in [-0.25, -0.2) is 4.98 Å². The summed E-state index contributed by atoms with van der Waals surface area (Å²) < 4.78 is 16.5. The Hall–Kier alpha value is -2.86. The first-order chi connectivity index (χ1) is 13.2. The molecule has 0 aliphatic carbocycles. The van der Waals surface area contributed by atoms with Crippen LogP contribution in [0.4, 0.5) is 0 Å². The van der Waals surface area contributed by atoms with Gasteiger partial charge in [-0.15, -0.1) is 0 Å². The van der Waals surface area contributed by atoms with Crippen LogP contribution in [-0.2, 0) is 11.2 Å². The van der Waals surface area contributed by atoms with E-state index in [-0.39, 0.29) is 12.0 Å². The van der Waals surface area contributed by atoms with Crippen LogP contribution in [0.1, 0.15) is 34.8 Å². The summed E-state index contributed by atoms with van der Waals surface area (Å²) in [4.78, 5) is 18.7. The lowest BCUT2D eigenvalue weighted by Crippen LogP contribution is -2.42. The number of amides is 1. The van der Waals surface area contributed by atoms with E-state index in [1.807, 2.05) is 31.2 Å². The first kappa shape index (κ1) is 17.5.